The van der Waals surface area contributed by atoms with Crippen LogP contribution in [0.2, 0.25) is 5.02 Å². The highest BCUT2D eigenvalue weighted by molar-refractivity contribution is 9.09. The summed E-state index contributed by atoms with van der Waals surface area (Å²) in [5, 5.41) is 0.611. The molecule has 1 atom stereocenters. The van der Waals surface area contributed by atoms with Crippen molar-refractivity contribution in [1.29, 1.82) is 0 Å². The highest BCUT2D eigenvalue weighted by Gasteiger charge is 2.21. The summed E-state index contributed by atoms with van der Waals surface area (Å²) in [7, 11) is 1.61. The summed E-state index contributed by atoms with van der Waals surface area (Å²) in [5.74, 6) is 2.57. The van der Waals surface area contributed by atoms with Crippen LogP contribution in [0.5, 0.6) is 5.75 Å². The lowest BCUT2D eigenvalue weighted by molar-refractivity contribution is 0.415. The van der Waals surface area contributed by atoms with Crippen molar-refractivity contribution in [2.75, 3.05) is 7.11 Å². The first-order chi connectivity index (χ1) is 8.95. The molecule has 0 aliphatic rings. The Morgan fingerprint density at radius 3 is 2.37 bits per heavy atom. The predicted molar refractivity (Wildman–Crippen MR) is 81.7 cm³/mol. The van der Waals surface area contributed by atoms with Crippen molar-refractivity contribution in [1.82, 2.24) is 0 Å². The molecule has 1 aromatic carbocycles. The fourth-order valence-electron chi connectivity index (χ4n) is 2.19. The van der Waals surface area contributed by atoms with Crippen LogP contribution >= 0.6 is 27.5 Å². The summed E-state index contributed by atoms with van der Waals surface area (Å²) in [5.41, 5.74) is 3.42. The molecule has 0 aliphatic carbocycles. The predicted octanol–water partition coefficient (Wildman–Crippen LogP) is 5.35. The van der Waals surface area contributed by atoms with E-state index >= 15 is 0 Å². The molecule has 0 aliphatic heterocycles. The molecule has 1 aromatic heterocycles. The van der Waals surface area contributed by atoms with Crippen LogP contribution in [0.15, 0.2) is 22.6 Å². The Kier molecular flexibility index (Phi) is 4.26. The smallest absolute Gasteiger partial charge is 0.137 e. The van der Waals surface area contributed by atoms with E-state index in [1.807, 2.05) is 32.0 Å². The van der Waals surface area contributed by atoms with Crippen LogP contribution in [0.1, 0.15) is 33.0 Å². The zero-order chi connectivity index (χ0) is 14.2. The van der Waals surface area contributed by atoms with E-state index in [1.54, 1.807) is 7.11 Å². The van der Waals surface area contributed by atoms with Crippen molar-refractivity contribution in [3.05, 3.63) is 51.4 Å². The van der Waals surface area contributed by atoms with Gasteiger partial charge in [0.1, 0.15) is 17.3 Å². The van der Waals surface area contributed by atoms with Crippen LogP contribution in [0.25, 0.3) is 0 Å². The molecular weight excluding hydrogens is 328 g/mol. The number of hydrogen-bond acceptors (Lipinski definition) is 2. The number of ether oxygens (including phenoxy) is 1. The van der Waals surface area contributed by atoms with Gasteiger partial charge in [-0.25, -0.2) is 0 Å². The Morgan fingerprint density at radius 2 is 1.89 bits per heavy atom. The molecule has 2 aromatic rings. The van der Waals surface area contributed by atoms with Crippen molar-refractivity contribution >= 4 is 27.5 Å². The lowest BCUT2D eigenvalue weighted by Gasteiger charge is -2.13. The largest absolute Gasteiger partial charge is 0.495 e. The van der Waals surface area contributed by atoms with E-state index in [-0.39, 0.29) is 4.83 Å². The number of alkyl halides is 1. The molecule has 19 heavy (non-hydrogen) atoms. The minimum Gasteiger partial charge on any atom is -0.495 e. The number of benzene rings is 1. The van der Waals surface area contributed by atoms with E-state index in [1.165, 1.54) is 11.1 Å². The lowest BCUT2D eigenvalue weighted by Crippen LogP contribution is -1.96. The van der Waals surface area contributed by atoms with Gasteiger partial charge in [-0.3, -0.25) is 0 Å². The second kappa shape index (κ2) is 5.59. The standard InChI is InChI=1S/C15H16BrClO2/c1-8-9(2)19-10(3)14(8)15(16)11-5-6-13(18-4)12(17)7-11/h5-7,15H,1-4H3. The quantitative estimate of drug-likeness (QED) is 0.701. The Hall–Kier alpha value is -0.930. The van der Waals surface area contributed by atoms with Gasteiger partial charge in [0.25, 0.3) is 0 Å². The van der Waals surface area contributed by atoms with Gasteiger partial charge in [0, 0.05) is 5.56 Å². The van der Waals surface area contributed by atoms with Crippen molar-refractivity contribution in [3.8, 4) is 5.75 Å². The van der Waals surface area contributed by atoms with Gasteiger partial charge < -0.3 is 9.15 Å². The molecule has 0 amide bonds. The maximum absolute atomic E-state index is 6.18. The molecule has 1 unspecified atom stereocenters. The van der Waals surface area contributed by atoms with Crippen LogP contribution in [0.4, 0.5) is 0 Å². The Labute approximate surface area is 126 Å². The number of furan rings is 1. The lowest BCUT2D eigenvalue weighted by atomic mass is 10.0. The maximum Gasteiger partial charge on any atom is 0.137 e. The second-order valence-electron chi connectivity index (χ2n) is 4.51. The third-order valence-corrected chi connectivity index (χ3v) is 4.62. The van der Waals surface area contributed by atoms with E-state index in [0.717, 1.165) is 17.1 Å². The van der Waals surface area contributed by atoms with Crippen LogP contribution in [-0.4, -0.2) is 7.11 Å². The van der Waals surface area contributed by atoms with Crippen molar-refractivity contribution in [2.24, 2.45) is 0 Å². The van der Waals surface area contributed by atoms with Gasteiger partial charge in [-0.1, -0.05) is 33.6 Å². The van der Waals surface area contributed by atoms with Crippen molar-refractivity contribution in [3.63, 3.8) is 0 Å². The molecule has 0 spiro atoms. The highest BCUT2D eigenvalue weighted by atomic mass is 79.9. The monoisotopic (exact) mass is 342 g/mol. The third kappa shape index (κ3) is 2.67. The minimum absolute atomic E-state index is 0.0633. The number of hydrogen-bond donors (Lipinski definition) is 0. The van der Waals surface area contributed by atoms with Crippen molar-refractivity contribution in [2.45, 2.75) is 25.6 Å². The van der Waals surface area contributed by atoms with E-state index in [4.69, 9.17) is 20.8 Å². The van der Waals surface area contributed by atoms with Crippen molar-refractivity contribution < 1.29 is 9.15 Å². The molecule has 1 heterocycles. The average molecular weight is 344 g/mol. The molecule has 2 rings (SSSR count). The van der Waals surface area contributed by atoms with Gasteiger partial charge in [0.05, 0.1) is 17.0 Å². The third-order valence-electron chi connectivity index (χ3n) is 3.34. The van der Waals surface area contributed by atoms with Gasteiger partial charge in [-0.05, 0) is 44.0 Å². The molecular formula is C15H16BrClO2. The van der Waals surface area contributed by atoms with Gasteiger partial charge in [0.2, 0.25) is 0 Å². The Balaban J connectivity index is 2.44. The summed E-state index contributed by atoms with van der Waals surface area (Å²) in [6.45, 7) is 6.03. The number of halogens is 2. The Morgan fingerprint density at radius 1 is 1.21 bits per heavy atom. The van der Waals surface area contributed by atoms with E-state index in [0.29, 0.717) is 10.8 Å². The first kappa shape index (κ1) is 14.5. The average Bonchev–Trinajstić information content (AvgIpc) is 2.62. The van der Waals surface area contributed by atoms with Crippen LogP contribution in [-0.2, 0) is 0 Å². The molecule has 0 N–H and O–H groups in total. The zero-order valence-electron chi connectivity index (χ0n) is 11.4. The fraction of sp³-hybridized carbons (Fsp3) is 0.333. The van der Waals surface area contributed by atoms with E-state index in [2.05, 4.69) is 22.9 Å². The number of rotatable bonds is 3. The van der Waals surface area contributed by atoms with Gasteiger partial charge in [0.15, 0.2) is 0 Å². The number of aryl methyl sites for hydroxylation is 2. The molecule has 2 nitrogen and oxygen atoms in total. The molecule has 0 fully saturated rings. The molecule has 102 valence electrons. The van der Waals surface area contributed by atoms with E-state index in [9.17, 15) is 0 Å². The van der Waals surface area contributed by atoms with Gasteiger partial charge >= 0.3 is 0 Å². The second-order valence-corrected chi connectivity index (χ2v) is 5.83. The zero-order valence-corrected chi connectivity index (χ0v) is 13.7. The summed E-state index contributed by atoms with van der Waals surface area (Å²) >= 11 is 9.91. The fourth-order valence-corrected chi connectivity index (χ4v) is 3.41. The summed E-state index contributed by atoms with van der Waals surface area (Å²) < 4.78 is 10.8. The minimum atomic E-state index is 0.0633. The maximum atomic E-state index is 6.18. The summed E-state index contributed by atoms with van der Waals surface area (Å²) in [6, 6.07) is 5.80. The Bertz CT molecular complexity index is 604. The molecule has 0 saturated heterocycles. The normalized spacial score (nSPS) is 12.5. The van der Waals surface area contributed by atoms with Crippen LogP contribution < -0.4 is 4.74 Å². The van der Waals surface area contributed by atoms with E-state index < -0.39 is 0 Å². The number of methoxy groups -OCH3 is 1. The van der Waals surface area contributed by atoms with Crippen LogP contribution in [0, 0.1) is 20.8 Å². The first-order valence-corrected chi connectivity index (χ1v) is 7.29. The molecule has 0 saturated carbocycles. The molecule has 0 bridgehead atoms. The first-order valence-electron chi connectivity index (χ1n) is 5.99. The summed E-state index contributed by atoms with van der Waals surface area (Å²) in [4.78, 5) is 0.0633. The van der Waals surface area contributed by atoms with Gasteiger partial charge in [-0.15, -0.1) is 0 Å². The highest BCUT2D eigenvalue weighted by Crippen LogP contribution is 2.39. The topological polar surface area (TPSA) is 22.4 Å². The summed E-state index contributed by atoms with van der Waals surface area (Å²) in [6.07, 6.45) is 0. The van der Waals surface area contributed by atoms with Gasteiger partial charge in [-0.2, -0.15) is 0 Å². The SMILES string of the molecule is COc1ccc(C(Br)c2c(C)oc(C)c2C)cc1Cl. The molecule has 0 radical (unpaired) electrons. The molecule has 4 heteroatoms. The van der Waals surface area contributed by atoms with Crippen LogP contribution in [0.3, 0.4) is 0 Å².